The second kappa shape index (κ2) is 9.36. The number of nitrogens with one attached hydrogen (secondary N) is 1. The third-order valence-corrected chi connectivity index (χ3v) is 7.36. The van der Waals surface area contributed by atoms with Crippen molar-refractivity contribution >= 4 is 17.0 Å². The van der Waals surface area contributed by atoms with E-state index in [1.165, 1.54) is 6.42 Å². The number of hydrogen-bond acceptors (Lipinski definition) is 4. The Kier molecular flexibility index (Phi) is 6.14. The Bertz CT molecular complexity index is 1130. The average molecular weight is 442 g/mol. The van der Waals surface area contributed by atoms with Gasteiger partial charge in [0.15, 0.2) is 0 Å². The minimum absolute atomic E-state index is 0.137. The number of ether oxygens (including phenoxy) is 1. The van der Waals surface area contributed by atoms with Gasteiger partial charge in [0, 0.05) is 23.7 Å². The molecule has 33 heavy (non-hydrogen) atoms. The SMILES string of the molecule is C=C[C@H]1CN2CC[C@H]1C[C@@H]2[C@@H](OC(=O)N[C@@H](C)c1ccccc1)c1ccnc2ccccc12. The normalized spacial score (nSPS) is 25.8. The zero-order chi connectivity index (χ0) is 22.8. The molecule has 1 aromatic heterocycles. The summed E-state index contributed by atoms with van der Waals surface area (Å²) >= 11 is 0. The summed E-state index contributed by atoms with van der Waals surface area (Å²) < 4.78 is 6.25. The number of piperidine rings is 3. The van der Waals surface area contributed by atoms with E-state index >= 15 is 0 Å². The molecular weight excluding hydrogens is 410 g/mol. The number of pyridine rings is 1. The predicted octanol–water partition coefficient (Wildman–Crippen LogP) is 5.66. The molecule has 3 fully saturated rings. The van der Waals surface area contributed by atoms with E-state index in [0.29, 0.717) is 11.8 Å². The number of para-hydroxylation sites is 1. The fraction of sp³-hybridized carbons (Fsp3) is 0.357. The third-order valence-electron chi connectivity index (χ3n) is 7.36. The highest BCUT2D eigenvalue weighted by atomic mass is 16.6. The largest absolute Gasteiger partial charge is 0.440 e. The van der Waals surface area contributed by atoms with Crippen molar-refractivity contribution in [3.05, 3.63) is 90.6 Å². The Labute approximate surface area is 195 Å². The summed E-state index contributed by atoms with van der Waals surface area (Å²) in [5.74, 6) is 1.10. The van der Waals surface area contributed by atoms with Gasteiger partial charge in [-0.25, -0.2) is 4.79 Å². The van der Waals surface area contributed by atoms with Crippen molar-refractivity contribution < 1.29 is 9.53 Å². The van der Waals surface area contributed by atoms with Gasteiger partial charge in [0.1, 0.15) is 6.10 Å². The molecule has 0 radical (unpaired) electrons. The number of carbonyl (C=O) groups excluding carboxylic acids is 1. The van der Waals surface area contributed by atoms with Crippen LogP contribution in [0.3, 0.4) is 0 Å². The number of hydrogen-bond donors (Lipinski definition) is 1. The first kappa shape index (κ1) is 21.7. The van der Waals surface area contributed by atoms with Crippen LogP contribution in [0.5, 0.6) is 0 Å². The first-order valence-corrected chi connectivity index (χ1v) is 11.9. The standard InChI is InChI=1S/C28H31N3O2/c1-3-20-18-31-16-14-22(20)17-26(31)27(24-13-15-29-25-12-8-7-11-23(24)25)33-28(32)30-19(2)21-9-5-4-6-10-21/h3-13,15,19-20,22,26-27H,1,14,16-18H2,2H3,(H,30,32)/t19-,20-,22-,26+,27-/m0/s1. The van der Waals surface area contributed by atoms with Crippen LogP contribution in [0.4, 0.5) is 4.79 Å². The van der Waals surface area contributed by atoms with Crippen molar-refractivity contribution in [1.82, 2.24) is 15.2 Å². The zero-order valence-corrected chi connectivity index (χ0v) is 19.1. The number of rotatable bonds is 6. The molecule has 3 aliphatic heterocycles. The molecule has 6 rings (SSSR count). The van der Waals surface area contributed by atoms with E-state index in [1.54, 1.807) is 0 Å². The molecule has 170 valence electrons. The quantitative estimate of drug-likeness (QED) is 0.502. The second-order valence-corrected chi connectivity index (χ2v) is 9.27. The van der Waals surface area contributed by atoms with Gasteiger partial charge >= 0.3 is 6.09 Å². The van der Waals surface area contributed by atoms with Crippen LogP contribution in [-0.2, 0) is 4.74 Å². The number of nitrogens with zero attached hydrogens (tertiary/aromatic N) is 2. The van der Waals surface area contributed by atoms with Crippen molar-refractivity contribution in [2.45, 2.75) is 38.0 Å². The molecule has 3 saturated heterocycles. The molecule has 5 heteroatoms. The Morgan fingerprint density at radius 3 is 2.73 bits per heavy atom. The van der Waals surface area contributed by atoms with Gasteiger partial charge in [-0.3, -0.25) is 9.88 Å². The Balaban J connectivity index is 1.44. The fourth-order valence-corrected chi connectivity index (χ4v) is 5.56. The van der Waals surface area contributed by atoms with Gasteiger partial charge in [-0.1, -0.05) is 54.6 Å². The van der Waals surface area contributed by atoms with Gasteiger partial charge in [0.2, 0.25) is 0 Å². The highest BCUT2D eigenvalue weighted by molar-refractivity contribution is 5.82. The van der Waals surface area contributed by atoms with Crippen molar-refractivity contribution in [3.63, 3.8) is 0 Å². The van der Waals surface area contributed by atoms with Gasteiger partial charge < -0.3 is 10.1 Å². The average Bonchev–Trinajstić information content (AvgIpc) is 2.87. The van der Waals surface area contributed by atoms with E-state index in [2.05, 4.69) is 33.9 Å². The lowest BCUT2D eigenvalue weighted by Gasteiger charge is -2.51. The molecule has 0 spiro atoms. The summed E-state index contributed by atoms with van der Waals surface area (Å²) in [5.41, 5.74) is 2.99. The minimum atomic E-state index is -0.389. The molecule has 2 aromatic carbocycles. The van der Waals surface area contributed by atoms with Crippen molar-refractivity contribution in [2.75, 3.05) is 13.1 Å². The predicted molar refractivity (Wildman–Crippen MR) is 131 cm³/mol. The number of carbonyl (C=O) groups is 1. The third kappa shape index (κ3) is 4.38. The molecule has 1 unspecified atom stereocenters. The Morgan fingerprint density at radius 1 is 1.18 bits per heavy atom. The van der Waals surface area contributed by atoms with Crippen LogP contribution in [0.25, 0.3) is 10.9 Å². The first-order valence-electron chi connectivity index (χ1n) is 11.9. The van der Waals surface area contributed by atoms with E-state index in [-0.39, 0.29) is 24.3 Å². The van der Waals surface area contributed by atoms with E-state index in [1.807, 2.05) is 67.7 Å². The van der Waals surface area contributed by atoms with Crippen LogP contribution >= 0.6 is 0 Å². The lowest BCUT2D eigenvalue weighted by molar-refractivity contribution is -0.0501. The van der Waals surface area contributed by atoms with Crippen LogP contribution < -0.4 is 5.32 Å². The molecule has 4 heterocycles. The highest BCUT2D eigenvalue weighted by Crippen LogP contribution is 2.43. The van der Waals surface area contributed by atoms with Crippen LogP contribution in [0.1, 0.15) is 43.0 Å². The number of alkyl carbamates (subject to hydrolysis) is 1. The van der Waals surface area contributed by atoms with E-state index < -0.39 is 0 Å². The number of amides is 1. The fourth-order valence-electron chi connectivity index (χ4n) is 5.56. The van der Waals surface area contributed by atoms with Crippen molar-refractivity contribution in [1.29, 1.82) is 0 Å². The molecule has 2 bridgehead atoms. The molecule has 5 nitrogen and oxygen atoms in total. The van der Waals surface area contributed by atoms with Crippen LogP contribution in [0, 0.1) is 11.8 Å². The van der Waals surface area contributed by atoms with E-state index in [4.69, 9.17) is 4.74 Å². The van der Waals surface area contributed by atoms with Gasteiger partial charge in [-0.15, -0.1) is 6.58 Å². The topological polar surface area (TPSA) is 54.5 Å². The van der Waals surface area contributed by atoms with Crippen molar-refractivity contribution in [2.24, 2.45) is 11.8 Å². The van der Waals surface area contributed by atoms with Crippen LogP contribution in [-0.4, -0.2) is 35.1 Å². The minimum Gasteiger partial charge on any atom is -0.440 e. The van der Waals surface area contributed by atoms with Gasteiger partial charge in [-0.2, -0.15) is 0 Å². The summed E-state index contributed by atoms with van der Waals surface area (Å²) in [4.78, 5) is 20.1. The van der Waals surface area contributed by atoms with Crippen LogP contribution in [0.15, 0.2) is 79.5 Å². The molecular formula is C28H31N3O2. The molecule has 3 aromatic rings. The van der Waals surface area contributed by atoms with Gasteiger partial charge in [-0.05, 0) is 55.8 Å². The summed E-state index contributed by atoms with van der Waals surface area (Å²) in [6.45, 7) is 8.04. The smallest absolute Gasteiger partial charge is 0.408 e. The second-order valence-electron chi connectivity index (χ2n) is 9.27. The lowest BCUT2D eigenvalue weighted by atomic mass is 9.73. The molecule has 3 aliphatic rings. The van der Waals surface area contributed by atoms with E-state index in [9.17, 15) is 4.79 Å². The molecule has 0 saturated carbocycles. The number of benzene rings is 2. The van der Waals surface area contributed by atoms with Crippen LogP contribution in [0.2, 0.25) is 0 Å². The summed E-state index contributed by atoms with van der Waals surface area (Å²) in [6, 6.07) is 20.1. The lowest BCUT2D eigenvalue weighted by Crippen LogP contribution is -2.55. The molecule has 6 atom stereocenters. The Hall–Kier alpha value is -3.18. The Morgan fingerprint density at radius 2 is 1.97 bits per heavy atom. The number of fused-ring (bicyclic) bond motifs is 4. The van der Waals surface area contributed by atoms with Crippen molar-refractivity contribution in [3.8, 4) is 0 Å². The maximum atomic E-state index is 13.1. The number of aromatic nitrogens is 1. The van der Waals surface area contributed by atoms with Gasteiger partial charge in [0.05, 0.1) is 17.6 Å². The monoisotopic (exact) mass is 441 g/mol. The maximum absolute atomic E-state index is 13.1. The molecule has 0 aliphatic carbocycles. The maximum Gasteiger partial charge on any atom is 0.408 e. The summed E-state index contributed by atoms with van der Waals surface area (Å²) in [5, 5.41) is 4.07. The van der Waals surface area contributed by atoms with E-state index in [0.717, 1.165) is 41.5 Å². The molecule has 1 N–H and O–H groups in total. The zero-order valence-electron chi connectivity index (χ0n) is 19.1. The molecule has 1 amide bonds. The van der Waals surface area contributed by atoms with Gasteiger partial charge in [0.25, 0.3) is 0 Å². The first-order chi connectivity index (χ1) is 16.1. The summed E-state index contributed by atoms with van der Waals surface area (Å²) in [7, 11) is 0. The summed E-state index contributed by atoms with van der Waals surface area (Å²) in [6.07, 6.45) is 5.34. The highest BCUT2D eigenvalue weighted by Gasteiger charge is 2.44.